The Morgan fingerprint density at radius 3 is 2.74 bits per heavy atom. The second kappa shape index (κ2) is 7.24. The summed E-state index contributed by atoms with van der Waals surface area (Å²) in [5, 5.41) is 13.0. The lowest BCUT2D eigenvalue weighted by Gasteiger charge is -2.04. The summed E-state index contributed by atoms with van der Waals surface area (Å²) in [5.74, 6) is 1.13. The highest BCUT2D eigenvalue weighted by molar-refractivity contribution is 7.98. The van der Waals surface area contributed by atoms with Crippen LogP contribution >= 0.6 is 23.1 Å². The highest BCUT2D eigenvalue weighted by Crippen LogP contribution is 2.35. The number of hydrogen-bond donors (Lipinski definition) is 1. The van der Waals surface area contributed by atoms with Crippen LogP contribution in [0.25, 0.3) is 21.3 Å². The van der Waals surface area contributed by atoms with Crippen LogP contribution in [0.5, 0.6) is 0 Å². The monoisotopic (exact) mass is 398 g/mol. The van der Waals surface area contributed by atoms with Crippen LogP contribution in [0, 0.1) is 13.8 Å². The third-order valence-electron chi connectivity index (χ3n) is 4.26. The molecule has 0 saturated heterocycles. The van der Waals surface area contributed by atoms with Gasteiger partial charge in [0.1, 0.15) is 10.7 Å². The van der Waals surface area contributed by atoms with Gasteiger partial charge in [-0.3, -0.25) is 4.79 Å². The van der Waals surface area contributed by atoms with Crippen LogP contribution in [0.15, 0.2) is 34.2 Å². The summed E-state index contributed by atoms with van der Waals surface area (Å²) in [6.45, 7) is 6.76. The summed E-state index contributed by atoms with van der Waals surface area (Å²) in [7, 11) is 0. The maximum Gasteiger partial charge on any atom is 0.260 e. The number of tetrazole rings is 1. The highest BCUT2D eigenvalue weighted by atomic mass is 32.2. The van der Waals surface area contributed by atoms with Crippen LogP contribution in [0.1, 0.15) is 23.2 Å². The zero-order valence-corrected chi connectivity index (χ0v) is 16.8. The van der Waals surface area contributed by atoms with E-state index >= 15 is 0 Å². The van der Waals surface area contributed by atoms with Gasteiger partial charge < -0.3 is 4.98 Å². The van der Waals surface area contributed by atoms with E-state index in [9.17, 15) is 4.79 Å². The van der Waals surface area contributed by atoms with Gasteiger partial charge in [-0.05, 0) is 36.8 Å². The average molecular weight is 399 g/mol. The van der Waals surface area contributed by atoms with Crippen molar-refractivity contribution in [3.05, 3.63) is 50.9 Å². The molecule has 9 heteroatoms. The Bertz CT molecular complexity index is 1160. The maximum absolute atomic E-state index is 12.8. The van der Waals surface area contributed by atoms with Gasteiger partial charge in [0, 0.05) is 17.0 Å². The summed E-state index contributed by atoms with van der Waals surface area (Å²) < 4.78 is 1.71. The maximum atomic E-state index is 12.8. The third-order valence-corrected chi connectivity index (χ3v) is 6.23. The fraction of sp³-hybridized carbons (Fsp3) is 0.278. The average Bonchev–Trinajstić information content (AvgIpc) is 3.24. The van der Waals surface area contributed by atoms with Crippen molar-refractivity contribution < 1.29 is 0 Å². The Balaban J connectivity index is 1.70. The highest BCUT2D eigenvalue weighted by Gasteiger charge is 2.17. The van der Waals surface area contributed by atoms with Gasteiger partial charge in [-0.25, -0.2) is 9.67 Å². The van der Waals surface area contributed by atoms with E-state index in [1.807, 2.05) is 13.8 Å². The molecule has 0 aliphatic heterocycles. The number of thioether (sulfide) groups is 1. The lowest BCUT2D eigenvalue weighted by Crippen LogP contribution is -2.11. The number of rotatable bonds is 5. The van der Waals surface area contributed by atoms with Gasteiger partial charge in [0.2, 0.25) is 5.16 Å². The van der Waals surface area contributed by atoms with Crippen molar-refractivity contribution in [1.82, 2.24) is 30.2 Å². The fourth-order valence-electron chi connectivity index (χ4n) is 2.93. The van der Waals surface area contributed by atoms with Gasteiger partial charge in [-0.15, -0.1) is 16.4 Å². The van der Waals surface area contributed by atoms with Gasteiger partial charge in [0.25, 0.3) is 5.56 Å². The van der Waals surface area contributed by atoms with Gasteiger partial charge in [-0.1, -0.05) is 41.6 Å². The predicted molar refractivity (Wildman–Crippen MR) is 108 cm³/mol. The van der Waals surface area contributed by atoms with E-state index in [4.69, 9.17) is 0 Å². The first-order valence-electron chi connectivity index (χ1n) is 8.55. The van der Waals surface area contributed by atoms with Crippen molar-refractivity contribution in [2.45, 2.75) is 38.2 Å². The number of benzene rings is 1. The summed E-state index contributed by atoms with van der Waals surface area (Å²) in [5.41, 5.74) is 3.10. The van der Waals surface area contributed by atoms with Crippen LogP contribution in [0.3, 0.4) is 0 Å². The SMILES string of the molecule is CCn1nnnc1SCc1nc2sc(C)c(-c3ccc(C)cc3)c2c(=O)[nH]1. The molecule has 27 heavy (non-hydrogen) atoms. The minimum absolute atomic E-state index is 0.106. The molecule has 1 N–H and O–H groups in total. The number of nitrogens with one attached hydrogen (secondary N) is 1. The Morgan fingerprint density at radius 2 is 2.00 bits per heavy atom. The summed E-state index contributed by atoms with van der Waals surface area (Å²) in [6.07, 6.45) is 0. The zero-order chi connectivity index (χ0) is 19.0. The standard InChI is InChI=1S/C18H18N6OS2/c1-4-24-18(21-22-23-24)26-9-13-19-16(25)15-14(11(3)27-17(15)20-13)12-7-5-10(2)6-8-12/h5-8H,4,9H2,1-3H3,(H,19,20,25). The number of fused-ring (bicyclic) bond motifs is 1. The lowest BCUT2D eigenvalue weighted by atomic mass is 10.0. The van der Waals surface area contributed by atoms with Crippen LogP contribution < -0.4 is 5.56 Å². The molecule has 7 nitrogen and oxygen atoms in total. The molecular formula is C18H18N6OS2. The summed E-state index contributed by atoms with van der Waals surface area (Å²) in [6, 6.07) is 8.22. The first kappa shape index (κ1) is 17.9. The van der Waals surface area contributed by atoms with E-state index in [-0.39, 0.29) is 5.56 Å². The molecule has 1 aromatic carbocycles. The Kier molecular flexibility index (Phi) is 4.79. The Morgan fingerprint density at radius 1 is 1.22 bits per heavy atom. The third kappa shape index (κ3) is 3.40. The quantitative estimate of drug-likeness (QED) is 0.517. The molecule has 0 fully saturated rings. The van der Waals surface area contributed by atoms with Crippen LogP contribution in [-0.4, -0.2) is 30.2 Å². The van der Waals surface area contributed by atoms with Crippen molar-refractivity contribution in [1.29, 1.82) is 0 Å². The van der Waals surface area contributed by atoms with E-state index in [0.717, 1.165) is 20.8 Å². The molecule has 0 radical (unpaired) electrons. The summed E-state index contributed by atoms with van der Waals surface area (Å²) >= 11 is 3.01. The van der Waals surface area contributed by atoms with Gasteiger partial charge in [-0.2, -0.15) is 0 Å². The molecule has 4 rings (SSSR count). The number of aromatic nitrogens is 6. The number of nitrogens with zero attached hydrogens (tertiary/aromatic N) is 5. The Labute approximate surface area is 163 Å². The molecule has 0 saturated carbocycles. The number of H-pyrrole nitrogens is 1. The molecule has 138 valence electrons. The molecule has 0 unspecified atom stereocenters. The van der Waals surface area contributed by atoms with Gasteiger partial charge >= 0.3 is 0 Å². The molecule has 3 heterocycles. The number of hydrogen-bond acceptors (Lipinski definition) is 7. The lowest BCUT2D eigenvalue weighted by molar-refractivity contribution is 0.581. The van der Waals surface area contributed by atoms with Crippen molar-refractivity contribution >= 4 is 33.3 Å². The van der Waals surface area contributed by atoms with E-state index in [1.54, 1.807) is 16.0 Å². The molecule has 4 aromatic rings. The van der Waals surface area contributed by atoms with Crippen molar-refractivity contribution in [3.63, 3.8) is 0 Å². The van der Waals surface area contributed by atoms with Crippen LogP contribution in [-0.2, 0) is 12.3 Å². The number of aromatic amines is 1. The second-order valence-corrected chi connectivity index (χ2v) is 8.30. The van der Waals surface area contributed by atoms with Crippen molar-refractivity contribution in [2.75, 3.05) is 0 Å². The topological polar surface area (TPSA) is 89.3 Å². The molecule has 3 aromatic heterocycles. The fourth-order valence-corrected chi connectivity index (χ4v) is 4.81. The molecule has 0 amide bonds. The largest absolute Gasteiger partial charge is 0.309 e. The molecular weight excluding hydrogens is 380 g/mol. The van der Waals surface area contributed by atoms with Crippen LogP contribution in [0.2, 0.25) is 0 Å². The zero-order valence-electron chi connectivity index (χ0n) is 15.2. The number of thiophene rings is 1. The van der Waals surface area contributed by atoms with Crippen molar-refractivity contribution in [3.8, 4) is 11.1 Å². The smallest absolute Gasteiger partial charge is 0.260 e. The molecule has 0 bridgehead atoms. The van der Waals surface area contributed by atoms with Gasteiger partial charge in [0.05, 0.1) is 11.1 Å². The van der Waals surface area contributed by atoms with E-state index in [0.29, 0.717) is 28.7 Å². The Hall–Kier alpha value is -2.52. The first-order valence-corrected chi connectivity index (χ1v) is 10.3. The first-order chi connectivity index (χ1) is 13.1. The van der Waals surface area contributed by atoms with E-state index < -0.39 is 0 Å². The minimum Gasteiger partial charge on any atom is -0.309 e. The van der Waals surface area contributed by atoms with E-state index in [1.165, 1.54) is 17.3 Å². The number of aryl methyl sites for hydroxylation is 3. The molecule has 0 aliphatic rings. The van der Waals surface area contributed by atoms with Gasteiger partial charge in [0.15, 0.2) is 0 Å². The van der Waals surface area contributed by atoms with Crippen LogP contribution in [0.4, 0.5) is 0 Å². The second-order valence-electron chi connectivity index (χ2n) is 6.16. The van der Waals surface area contributed by atoms with E-state index in [2.05, 4.69) is 56.7 Å². The summed E-state index contributed by atoms with van der Waals surface area (Å²) in [4.78, 5) is 22.3. The predicted octanol–water partition coefficient (Wildman–Crippen LogP) is 3.57. The minimum atomic E-state index is -0.106. The normalized spacial score (nSPS) is 11.4. The molecule has 0 aliphatic carbocycles. The molecule has 0 spiro atoms. The molecule has 0 atom stereocenters. The van der Waals surface area contributed by atoms with Crippen molar-refractivity contribution in [2.24, 2.45) is 0 Å².